The van der Waals surface area contributed by atoms with E-state index in [0.29, 0.717) is 17.2 Å². The lowest BCUT2D eigenvalue weighted by Crippen LogP contribution is -2.06. The zero-order valence-corrected chi connectivity index (χ0v) is 10.3. The summed E-state index contributed by atoms with van der Waals surface area (Å²) in [6, 6.07) is 5.20. The van der Waals surface area contributed by atoms with Gasteiger partial charge in [-0.3, -0.25) is 0 Å². The Morgan fingerprint density at radius 2 is 2.20 bits per heavy atom. The van der Waals surface area contributed by atoms with Crippen molar-refractivity contribution in [1.29, 1.82) is 0 Å². The van der Waals surface area contributed by atoms with Crippen molar-refractivity contribution in [3.63, 3.8) is 0 Å². The molecule has 0 fully saturated rings. The Labute approximate surface area is 99.0 Å². The highest BCUT2D eigenvalue weighted by atomic mass is 35.5. The molecule has 0 aliphatic rings. The number of ether oxygens (including phenoxy) is 1. The molecule has 0 atom stereocenters. The summed E-state index contributed by atoms with van der Waals surface area (Å²) in [5, 5.41) is 0.638. The fourth-order valence-corrected chi connectivity index (χ4v) is 2.21. The fourth-order valence-electron chi connectivity index (χ4n) is 1.15. The van der Waals surface area contributed by atoms with Crippen LogP contribution in [0.25, 0.3) is 0 Å². The number of carbonyl (C=O) groups is 1. The number of halogens is 1. The van der Waals surface area contributed by atoms with E-state index < -0.39 is 0 Å². The van der Waals surface area contributed by atoms with Gasteiger partial charge in [0.25, 0.3) is 0 Å². The third kappa shape index (κ3) is 3.43. The quantitative estimate of drug-likeness (QED) is 0.598. The zero-order valence-electron chi connectivity index (χ0n) is 8.75. The van der Waals surface area contributed by atoms with Crippen LogP contribution < -0.4 is 0 Å². The van der Waals surface area contributed by atoms with E-state index in [2.05, 4.69) is 0 Å². The monoisotopic (exact) mass is 244 g/mol. The summed E-state index contributed by atoms with van der Waals surface area (Å²) in [5.41, 5.74) is 0.591. The topological polar surface area (TPSA) is 26.3 Å². The molecule has 1 aromatic rings. The summed E-state index contributed by atoms with van der Waals surface area (Å²) in [7, 11) is 0. The largest absolute Gasteiger partial charge is 0.462 e. The standard InChI is InChI=1S/C11H13ClO2S/c1-3-14-11(13)9-6-5-8(12)7-10(9)15-4-2/h5-7H,3-4H2,1-2H3. The van der Waals surface area contributed by atoms with Crippen LogP contribution in [-0.4, -0.2) is 18.3 Å². The molecule has 0 N–H and O–H groups in total. The summed E-state index contributed by atoms with van der Waals surface area (Å²) in [6.07, 6.45) is 0. The SMILES string of the molecule is CCOC(=O)c1ccc(Cl)cc1SCC. The van der Waals surface area contributed by atoms with Gasteiger partial charge in [-0.25, -0.2) is 4.79 Å². The van der Waals surface area contributed by atoms with Crippen molar-refractivity contribution in [3.05, 3.63) is 28.8 Å². The molecule has 0 spiro atoms. The number of hydrogen-bond acceptors (Lipinski definition) is 3. The first-order valence-corrected chi connectivity index (χ1v) is 6.14. The first-order chi connectivity index (χ1) is 7.19. The van der Waals surface area contributed by atoms with E-state index in [1.165, 1.54) is 0 Å². The van der Waals surface area contributed by atoms with Crippen LogP contribution in [0.5, 0.6) is 0 Å². The normalized spacial score (nSPS) is 10.1. The minimum atomic E-state index is -0.287. The second-order valence-corrected chi connectivity index (χ2v) is 4.54. The maximum atomic E-state index is 11.6. The molecule has 0 unspecified atom stereocenters. The van der Waals surface area contributed by atoms with Crippen molar-refractivity contribution in [3.8, 4) is 0 Å². The molecule has 0 aromatic heterocycles. The van der Waals surface area contributed by atoms with Gasteiger partial charge in [0.1, 0.15) is 0 Å². The van der Waals surface area contributed by atoms with Crippen molar-refractivity contribution >= 4 is 29.3 Å². The predicted molar refractivity (Wildman–Crippen MR) is 63.8 cm³/mol. The first kappa shape index (κ1) is 12.4. The minimum Gasteiger partial charge on any atom is -0.462 e. The first-order valence-electron chi connectivity index (χ1n) is 4.78. The third-order valence-corrected chi connectivity index (χ3v) is 2.91. The number of carbonyl (C=O) groups excluding carboxylic acids is 1. The molecule has 0 aliphatic heterocycles. The van der Waals surface area contributed by atoms with Crippen molar-refractivity contribution in [1.82, 2.24) is 0 Å². The van der Waals surface area contributed by atoms with Crippen LogP contribution in [0, 0.1) is 0 Å². The number of benzene rings is 1. The molecule has 0 radical (unpaired) electrons. The number of hydrogen-bond donors (Lipinski definition) is 0. The summed E-state index contributed by atoms with van der Waals surface area (Å²) in [5.74, 6) is 0.609. The molecule has 0 amide bonds. The van der Waals surface area contributed by atoms with Crippen molar-refractivity contribution in [2.45, 2.75) is 18.7 Å². The summed E-state index contributed by atoms with van der Waals surface area (Å²) in [4.78, 5) is 12.5. The zero-order chi connectivity index (χ0) is 11.3. The average Bonchev–Trinajstić information content (AvgIpc) is 2.18. The van der Waals surface area contributed by atoms with E-state index >= 15 is 0 Å². The van der Waals surface area contributed by atoms with Gasteiger partial charge in [-0.2, -0.15) is 0 Å². The molecule has 1 rings (SSSR count). The van der Waals surface area contributed by atoms with Crippen LogP contribution in [0.15, 0.2) is 23.1 Å². The maximum absolute atomic E-state index is 11.6. The van der Waals surface area contributed by atoms with Crippen molar-refractivity contribution in [2.24, 2.45) is 0 Å². The average molecular weight is 245 g/mol. The third-order valence-electron chi connectivity index (χ3n) is 1.74. The molecule has 4 heteroatoms. The lowest BCUT2D eigenvalue weighted by Gasteiger charge is -2.07. The van der Waals surface area contributed by atoms with Gasteiger partial charge in [0, 0.05) is 9.92 Å². The summed E-state index contributed by atoms with van der Waals surface area (Å²) in [6.45, 7) is 4.21. The molecular weight excluding hydrogens is 232 g/mol. The molecule has 0 heterocycles. The molecule has 0 aliphatic carbocycles. The van der Waals surface area contributed by atoms with E-state index in [-0.39, 0.29) is 5.97 Å². The van der Waals surface area contributed by atoms with Crippen LogP contribution >= 0.6 is 23.4 Å². The minimum absolute atomic E-state index is 0.287. The Balaban J connectivity index is 2.99. The van der Waals surface area contributed by atoms with Crippen molar-refractivity contribution in [2.75, 3.05) is 12.4 Å². The Morgan fingerprint density at radius 3 is 2.80 bits per heavy atom. The lowest BCUT2D eigenvalue weighted by atomic mass is 10.2. The Hall–Kier alpha value is -0.670. The molecule has 82 valence electrons. The van der Waals surface area contributed by atoms with Gasteiger partial charge in [-0.05, 0) is 30.9 Å². The molecule has 0 saturated carbocycles. The second-order valence-electron chi connectivity index (χ2n) is 2.79. The predicted octanol–water partition coefficient (Wildman–Crippen LogP) is 3.63. The van der Waals surface area contributed by atoms with Crippen molar-refractivity contribution < 1.29 is 9.53 Å². The van der Waals surface area contributed by atoms with Gasteiger partial charge in [-0.15, -0.1) is 11.8 Å². The molecule has 0 saturated heterocycles. The highest BCUT2D eigenvalue weighted by Crippen LogP contribution is 2.26. The van der Waals surface area contributed by atoms with Crippen LogP contribution in [0.2, 0.25) is 5.02 Å². The summed E-state index contributed by atoms with van der Waals surface area (Å²) < 4.78 is 4.96. The van der Waals surface area contributed by atoms with Gasteiger partial charge in [0.15, 0.2) is 0 Å². The van der Waals surface area contributed by atoms with E-state index in [0.717, 1.165) is 10.6 Å². The highest BCUT2D eigenvalue weighted by Gasteiger charge is 2.12. The van der Waals surface area contributed by atoms with E-state index in [4.69, 9.17) is 16.3 Å². The number of esters is 1. The second kappa shape index (κ2) is 6.03. The maximum Gasteiger partial charge on any atom is 0.339 e. The van der Waals surface area contributed by atoms with Gasteiger partial charge in [-0.1, -0.05) is 18.5 Å². The van der Waals surface area contributed by atoms with Gasteiger partial charge >= 0.3 is 5.97 Å². The summed E-state index contributed by atoms with van der Waals surface area (Å²) >= 11 is 7.45. The smallest absolute Gasteiger partial charge is 0.339 e. The van der Waals surface area contributed by atoms with E-state index in [1.807, 2.05) is 6.92 Å². The van der Waals surface area contributed by atoms with Crippen LogP contribution in [-0.2, 0) is 4.74 Å². The highest BCUT2D eigenvalue weighted by molar-refractivity contribution is 7.99. The molecular formula is C11H13ClO2S. The lowest BCUT2D eigenvalue weighted by molar-refractivity contribution is 0.0522. The fraction of sp³-hybridized carbons (Fsp3) is 0.364. The van der Waals surface area contributed by atoms with Gasteiger partial charge in [0.2, 0.25) is 0 Å². The Kier molecular flexibility index (Phi) is 4.99. The van der Waals surface area contributed by atoms with Crippen LogP contribution in [0.3, 0.4) is 0 Å². The molecule has 15 heavy (non-hydrogen) atoms. The van der Waals surface area contributed by atoms with Gasteiger partial charge in [0.05, 0.1) is 12.2 Å². The van der Waals surface area contributed by atoms with E-state index in [1.54, 1.807) is 36.9 Å². The molecule has 0 bridgehead atoms. The van der Waals surface area contributed by atoms with Crippen LogP contribution in [0.4, 0.5) is 0 Å². The molecule has 1 aromatic carbocycles. The Morgan fingerprint density at radius 1 is 1.47 bits per heavy atom. The Bertz CT molecular complexity index is 352. The molecule has 2 nitrogen and oxygen atoms in total. The van der Waals surface area contributed by atoms with Crippen LogP contribution in [0.1, 0.15) is 24.2 Å². The van der Waals surface area contributed by atoms with Gasteiger partial charge < -0.3 is 4.74 Å². The number of rotatable bonds is 4. The van der Waals surface area contributed by atoms with E-state index in [9.17, 15) is 4.79 Å². The number of thioether (sulfide) groups is 1.